The van der Waals surface area contributed by atoms with Crippen molar-refractivity contribution in [1.29, 1.82) is 0 Å². The van der Waals surface area contributed by atoms with Crippen LogP contribution in [0.25, 0.3) is 11.0 Å². The van der Waals surface area contributed by atoms with Crippen molar-refractivity contribution in [2.75, 3.05) is 0 Å². The maximum Gasteiger partial charge on any atom is 0.178 e. The number of H-pyrrole nitrogens is 1. The van der Waals surface area contributed by atoms with E-state index in [-0.39, 0.29) is 5.82 Å². The van der Waals surface area contributed by atoms with E-state index in [1.807, 2.05) is 28.7 Å². The number of hydrogen-bond donors (Lipinski definition) is 1. The highest BCUT2D eigenvalue weighted by molar-refractivity contribution is 14.1. The third-order valence-electron chi connectivity index (χ3n) is 4.30. The summed E-state index contributed by atoms with van der Waals surface area (Å²) in [4.78, 5) is 3.19. The standard InChI is InChI=1S/C15H18FIN2S/c16-11-8-14-13(9-12(11)17)18-15(20)19(14)7-6-10-4-2-1-3-5-10/h8-10H,1-7H2,(H,18,20). The molecule has 1 aromatic heterocycles. The van der Waals surface area contributed by atoms with Gasteiger partial charge in [0.05, 0.1) is 14.6 Å². The van der Waals surface area contributed by atoms with Gasteiger partial charge in [0, 0.05) is 12.6 Å². The summed E-state index contributed by atoms with van der Waals surface area (Å²) in [5, 5.41) is 0. The Morgan fingerprint density at radius 3 is 2.80 bits per heavy atom. The van der Waals surface area contributed by atoms with E-state index in [4.69, 9.17) is 12.2 Å². The van der Waals surface area contributed by atoms with E-state index in [2.05, 4.69) is 9.55 Å². The average molecular weight is 404 g/mol. The van der Waals surface area contributed by atoms with Gasteiger partial charge in [0.2, 0.25) is 0 Å². The number of nitrogens with zero attached hydrogens (tertiary/aromatic N) is 1. The maximum absolute atomic E-state index is 13.8. The topological polar surface area (TPSA) is 20.7 Å². The summed E-state index contributed by atoms with van der Waals surface area (Å²) in [6, 6.07) is 3.43. The van der Waals surface area contributed by atoms with Crippen LogP contribution in [0.5, 0.6) is 0 Å². The van der Waals surface area contributed by atoms with Gasteiger partial charge in [-0.3, -0.25) is 0 Å². The Morgan fingerprint density at radius 2 is 2.05 bits per heavy atom. The largest absolute Gasteiger partial charge is 0.331 e. The summed E-state index contributed by atoms with van der Waals surface area (Å²) in [5.41, 5.74) is 1.83. The number of rotatable bonds is 3. The molecule has 5 heteroatoms. The second-order valence-electron chi connectivity index (χ2n) is 5.66. The molecule has 1 saturated carbocycles. The zero-order valence-electron chi connectivity index (χ0n) is 11.3. The van der Waals surface area contributed by atoms with Crippen molar-refractivity contribution >= 4 is 45.8 Å². The quantitative estimate of drug-likeness (QED) is 0.536. The Bertz CT molecular complexity index is 670. The van der Waals surface area contributed by atoms with E-state index in [9.17, 15) is 4.39 Å². The lowest BCUT2D eigenvalue weighted by Gasteiger charge is -2.21. The average Bonchev–Trinajstić information content (AvgIpc) is 2.73. The highest BCUT2D eigenvalue weighted by Gasteiger charge is 2.15. The molecule has 1 aliphatic rings. The number of halogens is 2. The zero-order chi connectivity index (χ0) is 14.1. The smallest absolute Gasteiger partial charge is 0.178 e. The summed E-state index contributed by atoms with van der Waals surface area (Å²) < 4.78 is 17.2. The third-order valence-corrected chi connectivity index (χ3v) is 5.45. The second kappa shape index (κ2) is 6.13. The van der Waals surface area contributed by atoms with E-state index in [0.717, 1.165) is 29.9 Å². The van der Waals surface area contributed by atoms with E-state index < -0.39 is 0 Å². The SMILES string of the molecule is Fc1cc2c(cc1I)[nH]c(=S)n2CCC1CCCCC1. The highest BCUT2D eigenvalue weighted by Crippen LogP contribution is 2.28. The molecule has 0 saturated heterocycles. The van der Waals surface area contributed by atoms with Gasteiger partial charge in [-0.25, -0.2) is 4.39 Å². The lowest BCUT2D eigenvalue weighted by molar-refractivity contribution is 0.325. The summed E-state index contributed by atoms with van der Waals surface area (Å²) in [7, 11) is 0. The molecule has 0 bridgehead atoms. The van der Waals surface area contributed by atoms with Crippen molar-refractivity contribution < 1.29 is 4.39 Å². The number of hydrogen-bond acceptors (Lipinski definition) is 1. The Kier molecular flexibility index (Phi) is 4.45. The van der Waals surface area contributed by atoms with Crippen LogP contribution in [-0.2, 0) is 6.54 Å². The van der Waals surface area contributed by atoms with Crippen molar-refractivity contribution in [3.8, 4) is 0 Å². The molecule has 1 fully saturated rings. The molecule has 0 spiro atoms. The van der Waals surface area contributed by atoms with Crippen molar-refractivity contribution in [3.63, 3.8) is 0 Å². The molecular weight excluding hydrogens is 386 g/mol. The monoisotopic (exact) mass is 404 g/mol. The molecule has 1 aliphatic carbocycles. The van der Waals surface area contributed by atoms with Gasteiger partial charge in [0.15, 0.2) is 4.77 Å². The fourth-order valence-corrected chi connectivity index (χ4v) is 3.93. The lowest BCUT2D eigenvalue weighted by atomic mass is 9.87. The van der Waals surface area contributed by atoms with E-state index in [1.165, 1.54) is 32.1 Å². The van der Waals surface area contributed by atoms with Gasteiger partial charge in [0.25, 0.3) is 0 Å². The van der Waals surface area contributed by atoms with Crippen LogP contribution in [0.3, 0.4) is 0 Å². The van der Waals surface area contributed by atoms with Gasteiger partial charge < -0.3 is 9.55 Å². The van der Waals surface area contributed by atoms with Gasteiger partial charge in [-0.1, -0.05) is 32.1 Å². The third kappa shape index (κ3) is 2.93. The van der Waals surface area contributed by atoms with Crippen LogP contribution in [0.15, 0.2) is 12.1 Å². The van der Waals surface area contributed by atoms with Gasteiger partial charge in [-0.15, -0.1) is 0 Å². The molecule has 108 valence electrons. The predicted molar refractivity (Wildman–Crippen MR) is 91.0 cm³/mol. The molecule has 2 aromatic rings. The minimum atomic E-state index is -0.168. The summed E-state index contributed by atoms with van der Waals surface area (Å²) >= 11 is 7.40. The molecule has 2 nitrogen and oxygen atoms in total. The first-order valence-electron chi connectivity index (χ1n) is 7.22. The summed E-state index contributed by atoms with van der Waals surface area (Å²) in [6.07, 6.45) is 7.92. The molecule has 0 aliphatic heterocycles. The molecule has 0 amide bonds. The van der Waals surface area contributed by atoms with Crippen LogP contribution >= 0.6 is 34.8 Å². The highest BCUT2D eigenvalue weighted by atomic mass is 127. The number of imidazole rings is 1. The van der Waals surface area contributed by atoms with Crippen LogP contribution < -0.4 is 0 Å². The van der Waals surface area contributed by atoms with Crippen molar-refractivity contribution in [3.05, 3.63) is 26.3 Å². The molecule has 3 rings (SSSR count). The lowest BCUT2D eigenvalue weighted by Crippen LogP contribution is -2.10. The summed E-state index contributed by atoms with van der Waals surface area (Å²) in [5.74, 6) is 0.641. The first kappa shape index (κ1) is 14.5. The van der Waals surface area contributed by atoms with Crippen LogP contribution in [0.1, 0.15) is 38.5 Å². The van der Waals surface area contributed by atoms with Crippen LogP contribution in [-0.4, -0.2) is 9.55 Å². The molecular formula is C15H18FIN2S. The minimum absolute atomic E-state index is 0.168. The Labute approximate surface area is 136 Å². The Hall–Kier alpha value is -0.430. The number of fused-ring (bicyclic) bond motifs is 1. The maximum atomic E-state index is 13.8. The van der Waals surface area contributed by atoms with Crippen LogP contribution in [0.4, 0.5) is 4.39 Å². The second-order valence-corrected chi connectivity index (χ2v) is 7.21. The van der Waals surface area contributed by atoms with Crippen LogP contribution in [0, 0.1) is 20.1 Å². The number of aromatic amines is 1. The van der Waals surface area contributed by atoms with Gasteiger partial charge >= 0.3 is 0 Å². The normalized spacial score (nSPS) is 16.9. The molecule has 1 heterocycles. The van der Waals surface area contributed by atoms with Crippen molar-refractivity contribution in [2.45, 2.75) is 45.1 Å². The van der Waals surface area contributed by atoms with Gasteiger partial charge in [-0.2, -0.15) is 0 Å². The van der Waals surface area contributed by atoms with Crippen molar-refractivity contribution in [2.24, 2.45) is 5.92 Å². The summed E-state index contributed by atoms with van der Waals surface area (Å²) in [6.45, 7) is 0.892. The van der Waals surface area contributed by atoms with Gasteiger partial charge in [0.1, 0.15) is 5.82 Å². The van der Waals surface area contributed by atoms with E-state index >= 15 is 0 Å². The van der Waals surface area contributed by atoms with E-state index in [1.54, 1.807) is 6.07 Å². The molecule has 0 unspecified atom stereocenters. The number of aromatic nitrogens is 2. The predicted octanol–water partition coefficient (Wildman–Crippen LogP) is 5.41. The number of aryl methyl sites for hydroxylation is 1. The number of nitrogens with one attached hydrogen (secondary N) is 1. The Balaban J connectivity index is 1.85. The molecule has 1 N–H and O–H groups in total. The van der Waals surface area contributed by atoms with E-state index in [0.29, 0.717) is 8.34 Å². The first-order chi connectivity index (χ1) is 9.65. The number of benzene rings is 1. The minimum Gasteiger partial charge on any atom is -0.331 e. The molecule has 20 heavy (non-hydrogen) atoms. The molecule has 1 aromatic carbocycles. The zero-order valence-corrected chi connectivity index (χ0v) is 14.3. The Morgan fingerprint density at radius 1 is 1.30 bits per heavy atom. The molecule has 0 radical (unpaired) electrons. The fourth-order valence-electron chi connectivity index (χ4n) is 3.16. The molecule has 0 atom stereocenters. The first-order valence-corrected chi connectivity index (χ1v) is 8.71. The van der Waals surface area contributed by atoms with Gasteiger partial charge in [-0.05, 0) is 53.2 Å². The van der Waals surface area contributed by atoms with Crippen molar-refractivity contribution in [1.82, 2.24) is 9.55 Å². The van der Waals surface area contributed by atoms with Crippen LogP contribution in [0.2, 0.25) is 0 Å². The fraction of sp³-hybridized carbons (Fsp3) is 0.533.